The number of hydrogen-bond donors (Lipinski definition) is 1. The molecule has 2 aliphatic rings. The number of fused-ring (bicyclic) bond motifs is 1. The summed E-state index contributed by atoms with van der Waals surface area (Å²) in [6.45, 7) is 10.6. The molecule has 0 amide bonds. The Balaban J connectivity index is 2.05. The Morgan fingerprint density at radius 1 is 1.20 bits per heavy atom. The summed E-state index contributed by atoms with van der Waals surface area (Å²) in [5.41, 5.74) is 0. The fourth-order valence-electron chi connectivity index (χ4n) is 2.83. The lowest BCUT2D eigenvalue weighted by atomic mass is 10.1. The predicted molar refractivity (Wildman–Crippen MR) is 59.7 cm³/mol. The molecular weight excluding hydrogens is 190 g/mol. The van der Waals surface area contributed by atoms with Crippen LogP contribution in [0.4, 0.5) is 0 Å². The fourth-order valence-corrected chi connectivity index (χ4v) is 2.83. The highest BCUT2D eigenvalue weighted by atomic mass is 16.8. The Bertz CT molecular complexity index is 238. The number of hydrogen-bond acceptors (Lipinski definition) is 3. The summed E-state index contributed by atoms with van der Waals surface area (Å²) in [4.78, 5) is 0. The lowest BCUT2D eigenvalue weighted by Gasteiger charge is -2.24. The maximum absolute atomic E-state index is 5.97. The zero-order chi connectivity index (χ0) is 11.2. The fraction of sp³-hybridized carbons (Fsp3) is 1.00. The molecule has 88 valence electrons. The van der Waals surface area contributed by atoms with Crippen LogP contribution in [0.15, 0.2) is 0 Å². The van der Waals surface area contributed by atoms with Crippen molar-refractivity contribution in [3.8, 4) is 0 Å². The van der Waals surface area contributed by atoms with Crippen molar-refractivity contribution in [2.75, 3.05) is 0 Å². The summed E-state index contributed by atoms with van der Waals surface area (Å²) < 4.78 is 11.9. The summed E-state index contributed by atoms with van der Waals surface area (Å²) >= 11 is 0. The van der Waals surface area contributed by atoms with Gasteiger partial charge in [0, 0.05) is 12.1 Å². The Morgan fingerprint density at radius 2 is 1.80 bits per heavy atom. The van der Waals surface area contributed by atoms with Crippen LogP contribution in [0.25, 0.3) is 0 Å². The van der Waals surface area contributed by atoms with Gasteiger partial charge in [0.05, 0.1) is 6.10 Å². The van der Waals surface area contributed by atoms with E-state index in [1.54, 1.807) is 0 Å². The van der Waals surface area contributed by atoms with Gasteiger partial charge in [-0.2, -0.15) is 0 Å². The largest absolute Gasteiger partial charge is 0.344 e. The average Bonchev–Trinajstić information content (AvgIpc) is 2.49. The summed E-state index contributed by atoms with van der Waals surface area (Å²) in [5.74, 6) is 0.189. The Labute approximate surface area is 92.5 Å². The van der Waals surface area contributed by atoms with Crippen molar-refractivity contribution in [3.63, 3.8) is 0 Å². The Kier molecular flexibility index (Phi) is 2.82. The first-order valence-electron chi connectivity index (χ1n) is 6.01. The van der Waals surface area contributed by atoms with Gasteiger partial charge in [0.1, 0.15) is 6.10 Å². The van der Waals surface area contributed by atoms with Crippen molar-refractivity contribution in [1.82, 2.24) is 5.32 Å². The highest BCUT2D eigenvalue weighted by Gasteiger charge is 2.52. The van der Waals surface area contributed by atoms with Crippen molar-refractivity contribution in [2.24, 2.45) is 5.92 Å². The molecule has 2 fully saturated rings. The van der Waals surface area contributed by atoms with Gasteiger partial charge in [-0.05, 0) is 26.2 Å². The second-order valence-electron chi connectivity index (χ2n) is 5.71. The Morgan fingerprint density at radius 3 is 2.40 bits per heavy atom. The zero-order valence-electron chi connectivity index (χ0n) is 10.4. The van der Waals surface area contributed by atoms with Gasteiger partial charge in [-0.15, -0.1) is 0 Å². The monoisotopic (exact) mass is 213 g/mol. The van der Waals surface area contributed by atoms with E-state index >= 15 is 0 Å². The first-order chi connectivity index (χ1) is 6.89. The lowest BCUT2D eigenvalue weighted by Crippen LogP contribution is -2.43. The van der Waals surface area contributed by atoms with Crippen LogP contribution >= 0.6 is 0 Å². The van der Waals surface area contributed by atoms with E-state index in [0.29, 0.717) is 18.0 Å². The highest BCUT2D eigenvalue weighted by molar-refractivity contribution is 5.00. The van der Waals surface area contributed by atoms with Crippen molar-refractivity contribution in [3.05, 3.63) is 0 Å². The van der Waals surface area contributed by atoms with Crippen LogP contribution in [-0.4, -0.2) is 30.1 Å². The van der Waals surface area contributed by atoms with Gasteiger partial charge in [0.2, 0.25) is 0 Å². The third-order valence-corrected chi connectivity index (χ3v) is 3.29. The van der Waals surface area contributed by atoms with Crippen LogP contribution in [0, 0.1) is 5.92 Å². The van der Waals surface area contributed by atoms with Crippen molar-refractivity contribution < 1.29 is 9.47 Å². The molecule has 3 nitrogen and oxygen atoms in total. The first kappa shape index (κ1) is 11.4. The molecule has 1 aliphatic carbocycles. The van der Waals surface area contributed by atoms with Gasteiger partial charge < -0.3 is 14.8 Å². The van der Waals surface area contributed by atoms with E-state index in [4.69, 9.17) is 9.47 Å². The molecule has 1 saturated carbocycles. The van der Waals surface area contributed by atoms with Crippen molar-refractivity contribution in [1.29, 1.82) is 0 Å². The molecule has 3 heteroatoms. The highest BCUT2D eigenvalue weighted by Crippen LogP contribution is 2.41. The van der Waals surface area contributed by atoms with E-state index in [1.807, 2.05) is 13.8 Å². The van der Waals surface area contributed by atoms with E-state index in [2.05, 4.69) is 26.1 Å². The molecule has 1 saturated heterocycles. The number of ether oxygens (including phenoxy) is 2. The summed E-state index contributed by atoms with van der Waals surface area (Å²) in [5, 5.41) is 3.58. The van der Waals surface area contributed by atoms with E-state index in [0.717, 1.165) is 6.42 Å². The molecular formula is C12H23NO2. The molecule has 0 aromatic carbocycles. The molecule has 1 heterocycles. The van der Waals surface area contributed by atoms with Crippen molar-refractivity contribution in [2.45, 2.75) is 71.1 Å². The zero-order valence-corrected chi connectivity index (χ0v) is 10.4. The van der Waals surface area contributed by atoms with Gasteiger partial charge in [-0.25, -0.2) is 0 Å². The summed E-state index contributed by atoms with van der Waals surface area (Å²) in [6, 6.07) is 0.958. The van der Waals surface area contributed by atoms with Crippen molar-refractivity contribution >= 4 is 0 Å². The minimum atomic E-state index is -0.402. The molecule has 0 bridgehead atoms. The van der Waals surface area contributed by atoms with E-state index in [1.165, 1.54) is 0 Å². The average molecular weight is 213 g/mol. The minimum absolute atomic E-state index is 0.234. The van der Waals surface area contributed by atoms with Gasteiger partial charge in [-0.1, -0.05) is 20.8 Å². The standard InChI is InChI=1S/C12H23NO2/c1-7(2)13-9-6-8(3)10-11(9)15-12(4,5)14-10/h7-11,13H,6H2,1-5H3/t8-,9+,10+,11-/m0/s1. The smallest absolute Gasteiger partial charge is 0.163 e. The SMILES string of the molecule is CC(C)N[C@@H]1C[C@H](C)[C@H]2OC(C)(C)O[C@H]21. The topological polar surface area (TPSA) is 30.5 Å². The second kappa shape index (κ2) is 3.72. The van der Waals surface area contributed by atoms with Crippen LogP contribution in [0.1, 0.15) is 41.0 Å². The molecule has 1 aliphatic heterocycles. The predicted octanol–water partition coefficient (Wildman–Crippen LogP) is 1.91. The molecule has 0 radical (unpaired) electrons. The number of rotatable bonds is 2. The molecule has 4 atom stereocenters. The first-order valence-corrected chi connectivity index (χ1v) is 6.01. The third-order valence-electron chi connectivity index (χ3n) is 3.29. The molecule has 0 spiro atoms. The third kappa shape index (κ3) is 2.19. The Hall–Kier alpha value is -0.120. The molecule has 1 N–H and O–H groups in total. The van der Waals surface area contributed by atoms with Crippen LogP contribution in [0.3, 0.4) is 0 Å². The van der Waals surface area contributed by atoms with E-state index in [9.17, 15) is 0 Å². The van der Waals surface area contributed by atoms with E-state index in [-0.39, 0.29) is 12.2 Å². The van der Waals surface area contributed by atoms with Gasteiger partial charge in [-0.3, -0.25) is 0 Å². The molecule has 0 aromatic heterocycles. The molecule has 2 rings (SSSR count). The van der Waals surface area contributed by atoms with E-state index < -0.39 is 5.79 Å². The normalized spacial score (nSPS) is 43.6. The quantitative estimate of drug-likeness (QED) is 0.760. The van der Waals surface area contributed by atoms with Gasteiger partial charge in [0.15, 0.2) is 5.79 Å². The summed E-state index contributed by atoms with van der Waals surface area (Å²) in [6.07, 6.45) is 1.66. The van der Waals surface area contributed by atoms with Crippen LogP contribution in [0.2, 0.25) is 0 Å². The summed E-state index contributed by atoms with van der Waals surface area (Å²) in [7, 11) is 0. The second-order valence-corrected chi connectivity index (χ2v) is 5.71. The molecule has 0 unspecified atom stereocenters. The van der Waals surface area contributed by atoms with Gasteiger partial charge >= 0.3 is 0 Å². The van der Waals surface area contributed by atoms with Crippen LogP contribution in [-0.2, 0) is 9.47 Å². The molecule has 15 heavy (non-hydrogen) atoms. The lowest BCUT2D eigenvalue weighted by molar-refractivity contribution is -0.158. The minimum Gasteiger partial charge on any atom is -0.344 e. The number of nitrogens with one attached hydrogen (secondary N) is 1. The molecule has 0 aromatic rings. The maximum Gasteiger partial charge on any atom is 0.163 e. The van der Waals surface area contributed by atoms with Crippen LogP contribution in [0.5, 0.6) is 0 Å². The van der Waals surface area contributed by atoms with Gasteiger partial charge in [0.25, 0.3) is 0 Å². The maximum atomic E-state index is 5.97. The van der Waals surface area contributed by atoms with Crippen LogP contribution < -0.4 is 5.32 Å².